The molecule has 0 bridgehead atoms. The molecule has 0 aromatic heterocycles. The quantitative estimate of drug-likeness (QED) is 0.742. The highest BCUT2D eigenvalue weighted by Crippen LogP contribution is 2.39. The van der Waals surface area contributed by atoms with Crippen LogP contribution in [0.1, 0.15) is 11.5 Å². The van der Waals surface area contributed by atoms with Crippen LogP contribution in [-0.2, 0) is 4.57 Å². The first-order valence-corrected chi connectivity index (χ1v) is 5.82. The molecule has 0 radical (unpaired) electrons. The number of nitrogens with zero attached hydrogens (tertiary/aromatic N) is 1. The maximum absolute atomic E-state index is 10.7. The lowest BCUT2D eigenvalue weighted by molar-refractivity contribution is 0.371. The van der Waals surface area contributed by atoms with Crippen molar-refractivity contribution in [2.45, 2.75) is 5.92 Å². The fourth-order valence-corrected chi connectivity index (χ4v) is 1.91. The molecule has 2 N–H and O–H groups in total. The van der Waals surface area contributed by atoms with Crippen LogP contribution in [0.15, 0.2) is 30.3 Å². The third-order valence-electron chi connectivity index (χ3n) is 1.78. The van der Waals surface area contributed by atoms with E-state index in [1.807, 2.05) is 6.07 Å². The zero-order chi connectivity index (χ0) is 10.6. The summed E-state index contributed by atoms with van der Waals surface area (Å²) >= 11 is 0. The summed E-state index contributed by atoms with van der Waals surface area (Å²) < 4.78 is 10.7. The minimum atomic E-state index is -4.13. The molecular formula is C9H10NO3P. The van der Waals surface area contributed by atoms with Crippen molar-refractivity contribution in [3.63, 3.8) is 0 Å². The van der Waals surface area contributed by atoms with Gasteiger partial charge >= 0.3 is 7.60 Å². The van der Waals surface area contributed by atoms with E-state index < -0.39 is 19.7 Å². The van der Waals surface area contributed by atoms with E-state index in [2.05, 4.69) is 0 Å². The van der Waals surface area contributed by atoms with E-state index in [9.17, 15) is 4.57 Å². The molecule has 0 amide bonds. The lowest BCUT2D eigenvalue weighted by atomic mass is 10.0. The van der Waals surface area contributed by atoms with Crippen molar-refractivity contribution in [3.05, 3.63) is 35.9 Å². The van der Waals surface area contributed by atoms with Crippen molar-refractivity contribution in [2.24, 2.45) is 0 Å². The van der Waals surface area contributed by atoms with Crippen LogP contribution in [0.3, 0.4) is 0 Å². The van der Waals surface area contributed by atoms with Crippen LogP contribution < -0.4 is 0 Å². The second-order valence-electron chi connectivity index (χ2n) is 2.94. The van der Waals surface area contributed by atoms with Crippen molar-refractivity contribution < 1.29 is 14.4 Å². The van der Waals surface area contributed by atoms with E-state index >= 15 is 0 Å². The molecule has 14 heavy (non-hydrogen) atoms. The van der Waals surface area contributed by atoms with Crippen molar-refractivity contribution >= 4 is 7.60 Å². The molecule has 0 saturated carbocycles. The van der Waals surface area contributed by atoms with Gasteiger partial charge in [0.05, 0.1) is 18.1 Å². The average molecular weight is 211 g/mol. The maximum Gasteiger partial charge on any atom is 0.327 e. The molecule has 5 heteroatoms. The monoisotopic (exact) mass is 211 g/mol. The summed E-state index contributed by atoms with van der Waals surface area (Å²) in [5.74, 6) is -0.739. The Kier molecular flexibility index (Phi) is 3.43. The number of nitriles is 1. The Morgan fingerprint density at radius 1 is 1.36 bits per heavy atom. The van der Waals surface area contributed by atoms with E-state index in [1.54, 1.807) is 30.3 Å². The van der Waals surface area contributed by atoms with Crippen LogP contribution >= 0.6 is 7.60 Å². The molecule has 0 aliphatic carbocycles. The van der Waals surface area contributed by atoms with Gasteiger partial charge in [-0.15, -0.1) is 0 Å². The largest absolute Gasteiger partial charge is 0.327 e. The summed E-state index contributed by atoms with van der Waals surface area (Å²) in [6.07, 6.45) is -0.423. The van der Waals surface area contributed by atoms with E-state index in [1.165, 1.54) is 0 Å². The summed E-state index contributed by atoms with van der Waals surface area (Å²) in [5.41, 5.74) is 0.637. The van der Waals surface area contributed by atoms with Crippen molar-refractivity contribution in [2.75, 3.05) is 6.16 Å². The van der Waals surface area contributed by atoms with Crippen LogP contribution in [0.25, 0.3) is 0 Å². The van der Waals surface area contributed by atoms with Gasteiger partial charge in [0.1, 0.15) is 0 Å². The molecule has 0 fully saturated rings. The maximum atomic E-state index is 10.7. The highest BCUT2D eigenvalue weighted by Gasteiger charge is 2.22. The Bertz CT molecular complexity index is 379. The predicted molar refractivity (Wildman–Crippen MR) is 51.7 cm³/mol. The fourth-order valence-electron chi connectivity index (χ4n) is 1.14. The van der Waals surface area contributed by atoms with Crippen molar-refractivity contribution in [1.29, 1.82) is 5.26 Å². The molecule has 74 valence electrons. The number of benzene rings is 1. The number of hydrogen-bond acceptors (Lipinski definition) is 2. The fraction of sp³-hybridized carbons (Fsp3) is 0.222. The van der Waals surface area contributed by atoms with Gasteiger partial charge in [0.2, 0.25) is 0 Å². The lowest BCUT2D eigenvalue weighted by Gasteiger charge is -2.09. The van der Waals surface area contributed by atoms with Gasteiger partial charge in [-0.1, -0.05) is 30.3 Å². The standard InChI is InChI=1S/C9H10NO3P/c10-6-9(7-14(11,12)13)8-4-2-1-3-5-8/h1-5,9H,7H2,(H2,11,12,13). The SMILES string of the molecule is N#CC(CP(=O)(O)O)c1ccccc1. The molecular weight excluding hydrogens is 201 g/mol. The minimum absolute atomic E-state index is 0.423. The molecule has 0 aliphatic rings. The number of hydrogen-bond donors (Lipinski definition) is 2. The van der Waals surface area contributed by atoms with Crippen LogP contribution in [0.2, 0.25) is 0 Å². The second-order valence-corrected chi connectivity index (χ2v) is 4.63. The Hall–Kier alpha value is -1.14. The van der Waals surface area contributed by atoms with Crippen LogP contribution in [0, 0.1) is 11.3 Å². The van der Waals surface area contributed by atoms with Gasteiger partial charge in [-0.3, -0.25) is 4.57 Å². The normalized spacial score (nSPS) is 13.2. The van der Waals surface area contributed by atoms with Gasteiger partial charge in [-0.05, 0) is 5.56 Å². The Labute approximate surface area is 82.0 Å². The van der Waals surface area contributed by atoms with Gasteiger partial charge in [0, 0.05) is 0 Å². The Balaban J connectivity index is 2.85. The molecule has 0 heterocycles. The second kappa shape index (κ2) is 4.39. The summed E-state index contributed by atoms with van der Waals surface area (Å²) in [6.45, 7) is 0. The molecule has 1 atom stereocenters. The van der Waals surface area contributed by atoms with Crippen LogP contribution in [-0.4, -0.2) is 15.9 Å². The molecule has 0 spiro atoms. The summed E-state index contributed by atoms with van der Waals surface area (Å²) in [5, 5.41) is 8.75. The first-order valence-electron chi connectivity index (χ1n) is 4.02. The van der Waals surface area contributed by atoms with Crippen LogP contribution in [0.5, 0.6) is 0 Å². The van der Waals surface area contributed by atoms with Gasteiger partial charge < -0.3 is 9.79 Å². The lowest BCUT2D eigenvalue weighted by Crippen LogP contribution is -2.02. The topological polar surface area (TPSA) is 81.3 Å². The Morgan fingerprint density at radius 3 is 2.36 bits per heavy atom. The first kappa shape index (κ1) is 10.9. The average Bonchev–Trinajstić information content (AvgIpc) is 2.14. The summed E-state index contributed by atoms with van der Waals surface area (Å²) in [4.78, 5) is 17.5. The third kappa shape index (κ3) is 3.31. The predicted octanol–water partition coefficient (Wildman–Crippen LogP) is 1.47. The Morgan fingerprint density at radius 2 is 1.93 bits per heavy atom. The van der Waals surface area contributed by atoms with Gasteiger partial charge in [-0.25, -0.2) is 0 Å². The molecule has 1 rings (SSSR count). The zero-order valence-corrected chi connectivity index (χ0v) is 8.26. The van der Waals surface area contributed by atoms with E-state index in [4.69, 9.17) is 15.0 Å². The molecule has 1 aromatic carbocycles. The highest BCUT2D eigenvalue weighted by molar-refractivity contribution is 7.51. The van der Waals surface area contributed by atoms with Gasteiger partial charge in [0.15, 0.2) is 0 Å². The highest BCUT2D eigenvalue weighted by atomic mass is 31.2. The summed E-state index contributed by atoms with van der Waals surface area (Å²) in [7, 11) is -4.13. The molecule has 1 aromatic rings. The molecule has 0 saturated heterocycles. The molecule has 1 unspecified atom stereocenters. The van der Waals surface area contributed by atoms with E-state index in [0.29, 0.717) is 5.56 Å². The van der Waals surface area contributed by atoms with E-state index in [0.717, 1.165) is 0 Å². The molecule has 0 aliphatic heterocycles. The van der Waals surface area contributed by atoms with Crippen LogP contribution in [0.4, 0.5) is 0 Å². The van der Waals surface area contributed by atoms with Gasteiger partial charge in [-0.2, -0.15) is 5.26 Å². The first-order chi connectivity index (χ1) is 6.53. The van der Waals surface area contributed by atoms with Crippen molar-refractivity contribution in [1.82, 2.24) is 0 Å². The zero-order valence-electron chi connectivity index (χ0n) is 7.37. The number of rotatable bonds is 3. The third-order valence-corrected chi connectivity index (χ3v) is 2.62. The van der Waals surface area contributed by atoms with Crippen molar-refractivity contribution in [3.8, 4) is 6.07 Å². The smallest absolute Gasteiger partial charge is 0.324 e. The summed E-state index contributed by atoms with van der Waals surface area (Å²) in [6, 6.07) is 10.5. The molecule has 4 nitrogen and oxygen atoms in total. The minimum Gasteiger partial charge on any atom is -0.324 e. The van der Waals surface area contributed by atoms with Gasteiger partial charge in [0.25, 0.3) is 0 Å². The van der Waals surface area contributed by atoms with E-state index in [-0.39, 0.29) is 0 Å².